The van der Waals surface area contributed by atoms with Crippen molar-refractivity contribution in [1.29, 1.82) is 0 Å². The minimum Gasteiger partial charge on any atom is -0.492 e. The molecule has 1 unspecified atom stereocenters. The van der Waals surface area contributed by atoms with Crippen molar-refractivity contribution in [2.24, 2.45) is 5.73 Å². The van der Waals surface area contributed by atoms with Gasteiger partial charge in [-0.1, -0.05) is 0 Å². The first-order valence-electron chi connectivity index (χ1n) is 5.31. The number of benzene rings is 1. The number of hydrogen-bond donors (Lipinski definition) is 2. The molecular weight excluding hydrogens is 241 g/mol. The van der Waals surface area contributed by atoms with Gasteiger partial charge in [0.05, 0.1) is 20.1 Å². The summed E-state index contributed by atoms with van der Waals surface area (Å²) in [5, 5.41) is 9.06. The van der Waals surface area contributed by atoms with E-state index >= 15 is 0 Å². The van der Waals surface area contributed by atoms with Gasteiger partial charge in [0.15, 0.2) is 17.3 Å². The summed E-state index contributed by atoms with van der Waals surface area (Å²) in [5.74, 6) is -2.60. The summed E-state index contributed by atoms with van der Waals surface area (Å²) in [6.07, 6.45) is 0. The van der Waals surface area contributed by atoms with Crippen LogP contribution in [0.1, 0.15) is 17.0 Å². The zero-order valence-electron chi connectivity index (χ0n) is 10.5. The molecule has 100 valence electrons. The molecule has 0 aliphatic rings. The minimum atomic E-state index is -1.10. The topological polar surface area (TPSA) is 81.8 Å². The van der Waals surface area contributed by atoms with Gasteiger partial charge in [-0.3, -0.25) is 4.79 Å². The molecule has 0 aliphatic heterocycles. The summed E-state index contributed by atoms with van der Waals surface area (Å²) in [6, 6.07) is 1.13. The molecule has 1 aromatic rings. The van der Waals surface area contributed by atoms with Gasteiger partial charge >= 0.3 is 5.97 Å². The lowest BCUT2D eigenvalue weighted by atomic mass is 9.93. The zero-order chi connectivity index (χ0) is 13.9. The average Bonchev–Trinajstić information content (AvgIpc) is 2.32. The number of rotatable bonds is 5. The van der Waals surface area contributed by atoms with E-state index in [0.29, 0.717) is 11.1 Å². The molecule has 3 N–H and O–H groups in total. The number of carboxylic acid groups (broad SMARTS) is 1. The van der Waals surface area contributed by atoms with Crippen molar-refractivity contribution in [3.05, 3.63) is 23.0 Å². The second-order valence-corrected chi connectivity index (χ2v) is 3.77. The maximum Gasteiger partial charge on any atom is 0.312 e. The fourth-order valence-corrected chi connectivity index (χ4v) is 1.88. The van der Waals surface area contributed by atoms with Gasteiger partial charge < -0.3 is 20.3 Å². The third-order valence-electron chi connectivity index (χ3n) is 2.80. The van der Waals surface area contributed by atoms with Crippen LogP contribution in [-0.4, -0.2) is 31.8 Å². The highest BCUT2D eigenvalue weighted by atomic mass is 19.1. The summed E-state index contributed by atoms with van der Waals surface area (Å²) in [5.41, 5.74) is 6.21. The van der Waals surface area contributed by atoms with Crippen molar-refractivity contribution in [3.8, 4) is 11.5 Å². The van der Waals surface area contributed by atoms with E-state index in [1.54, 1.807) is 6.92 Å². The third-order valence-corrected chi connectivity index (χ3v) is 2.80. The quantitative estimate of drug-likeness (QED) is 0.830. The molecule has 0 radical (unpaired) electrons. The normalized spacial score (nSPS) is 12.1. The van der Waals surface area contributed by atoms with E-state index in [1.165, 1.54) is 14.2 Å². The monoisotopic (exact) mass is 257 g/mol. The van der Waals surface area contributed by atoms with E-state index < -0.39 is 17.7 Å². The average molecular weight is 257 g/mol. The van der Waals surface area contributed by atoms with Crippen LogP contribution >= 0.6 is 0 Å². The van der Waals surface area contributed by atoms with Crippen molar-refractivity contribution >= 4 is 5.97 Å². The summed E-state index contributed by atoms with van der Waals surface area (Å²) in [7, 11) is 2.68. The molecule has 1 atom stereocenters. The maximum absolute atomic E-state index is 13.8. The second kappa shape index (κ2) is 5.68. The Kier molecular flexibility index (Phi) is 4.49. The van der Waals surface area contributed by atoms with Crippen molar-refractivity contribution in [3.63, 3.8) is 0 Å². The van der Waals surface area contributed by atoms with Crippen LogP contribution in [0.3, 0.4) is 0 Å². The zero-order valence-corrected chi connectivity index (χ0v) is 10.5. The highest BCUT2D eigenvalue weighted by molar-refractivity contribution is 5.77. The smallest absolute Gasteiger partial charge is 0.312 e. The van der Waals surface area contributed by atoms with Gasteiger partial charge in [-0.2, -0.15) is 0 Å². The molecule has 0 bridgehead atoms. The molecule has 0 fully saturated rings. The number of hydrogen-bond acceptors (Lipinski definition) is 4. The van der Waals surface area contributed by atoms with Crippen LogP contribution in [0, 0.1) is 12.7 Å². The lowest BCUT2D eigenvalue weighted by Crippen LogP contribution is -2.22. The molecule has 1 aromatic carbocycles. The van der Waals surface area contributed by atoms with Gasteiger partial charge in [0.25, 0.3) is 0 Å². The van der Waals surface area contributed by atoms with Crippen LogP contribution in [0.25, 0.3) is 0 Å². The van der Waals surface area contributed by atoms with Crippen LogP contribution in [0.5, 0.6) is 11.5 Å². The molecule has 0 aromatic heterocycles. The number of nitrogens with two attached hydrogens (primary N) is 1. The van der Waals surface area contributed by atoms with E-state index in [2.05, 4.69) is 0 Å². The Morgan fingerprint density at radius 2 is 2.00 bits per heavy atom. The molecule has 0 heterocycles. The molecule has 0 aliphatic carbocycles. The van der Waals surface area contributed by atoms with Crippen LogP contribution in [0.15, 0.2) is 6.07 Å². The molecule has 0 amide bonds. The van der Waals surface area contributed by atoms with Gasteiger partial charge in [-0.15, -0.1) is 0 Å². The van der Waals surface area contributed by atoms with Crippen LogP contribution < -0.4 is 15.2 Å². The molecular formula is C12H16FNO4. The summed E-state index contributed by atoms with van der Waals surface area (Å²) < 4.78 is 23.8. The van der Waals surface area contributed by atoms with E-state index in [9.17, 15) is 9.18 Å². The predicted molar refractivity (Wildman–Crippen MR) is 63.7 cm³/mol. The largest absolute Gasteiger partial charge is 0.492 e. The second-order valence-electron chi connectivity index (χ2n) is 3.77. The molecule has 18 heavy (non-hydrogen) atoms. The summed E-state index contributed by atoms with van der Waals surface area (Å²) >= 11 is 0. The first-order chi connectivity index (χ1) is 8.47. The van der Waals surface area contributed by atoms with Gasteiger partial charge in [0, 0.05) is 6.54 Å². The molecule has 1 rings (SSSR count). The van der Waals surface area contributed by atoms with Crippen molar-refractivity contribution in [2.45, 2.75) is 12.8 Å². The van der Waals surface area contributed by atoms with E-state index in [-0.39, 0.29) is 18.0 Å². The standard InChI is InChI=1S/C12H16FNO4/c1-6-7(8(5-14)12(15)16)4-9(13)11(18-3)10(6)17-2/h4,8H,5,14H2,1-3H3,(H,15,16). The lowest BCUT2D eigenvalue weighted by Gasteiger charge is -2.18. The highest BCUT2D eigenvalue weighted by Crippen LogP contribution is 2.38. The van der Waals surface area contributed by atoms with Gasteiger partial charge in [0.1, 0.15) is 0 Å². The van der Waals surface area contributed by atoms with Crippen LogP contribution in [0.2, 0.25) is 0 Å². The number of ether oxygens (including phenoxy) is 2. The maximum atomic E-state index is 13.8. The van der Waals surface area contributed by atoms with Crippen LogP contribution in [0.4, 0.5) is 4.39 Å². The summed E-state index contributed by atoms with van der Waals surface area (Å²) in [4.78, 5) is 11.1. The van der Waals surface area contributed by atoms with Crippen molar-refractivity contribution < 1.29 is 23.8 Å². The lowest BCUT2D eigenvalue weighted by molar-refractivity contribution is -0.138. The van der Waals surface area contributed by atoms with Gasteiger partial charge in [-0.05, 0) is 24.1 Å². The van der Waals surface area contributed by atoms with E-state index in [1.807, 2.05) is 0 Å². The van der Waals surface area contributed by atoms with Crippen molar-refractivity contribution in [2.75, 3.05) is 20.8 Å². The molecule has 0 saturated heterocycles. The van der Waals surface area contributed by atoms with Gasteiger partial charge in [0.2, 0.25) is 0 Å². The Bertz CT molecular complexity index is 462. The molecule has 0 spiro atoms. The molecule has 5 nitrogen and oxygen atoms in total. The Morgan fingerprint density at radius 1 is 1.44 bits per heavy atom. The Balaban J connectivity index is 3.47. The van der Waals surface area contributed by atoms with Crippen LogP contribution in [-0.2, 0) is 4.79 Å². The Morgan fingerprint density at radius 3 is 2.39 bits per heavy atom. The highest BCUT2D eigenvalue weighted by Gasteiger charge is 2.25. The number of carbonyl (C=O) groups is 1. The fraction of sp³-hybridized carbons (Fsp3) is 0.417. The third kappa shape index (κ3) is 2.38. The first-order valence-corrected chi connectivity index (χ1v) is 5.31. The fourth-order valence-electron chi connectivity index (χ4n) is 1.88. The summed E-state index contributed by atoms with van der Waals surface area (Å²) in [6.45, 7) is 1.52. The minimum absolute atomic E-state index is 0.0417. The number of methoxy groups -OCH3 is 2. The molecule has 6 heteroatoms. The van der Waals surface area contributed by atoms with Crippen molar-refractivity contribution in [1.82, 2.24) is 0 Å². The Hall–Kier alpha value is -1.82. The van der Waals surface area contributed by atoms with E-state index in [0.717, 1.165) is 6.07 Å². The number of aliphatic carboxylic acids is 1. The SMILES string of the molecule is COc1c(F)cc(C(CN)C(=O)O)c(C)c1OC. The number of carboxylic acids is 1. The predicted octanol–water partition coefficient (Wildman–Crippen LogP) is 1.28. The van der Waals surface area contributed by atoms with Gasteiger partial charge in [-0.25, -0.2) is 4.39 Å². The van der Waals surface area contributed by atoms with E-state index in [4.69, 9.17) is 20.3 Å². The first kappa shape index (κ1) is 14.2. The number of halogens is 1. The Labute approximate surface area is 104 Å². The molecule has 0 saturated carbocycles.